The van der Waals surface area contributed by atoms with Gasteiger partial charge in [-0.3, -0.25) is 4.57 Å². The number of halogens is 2. The molecule has 0 rings (SSSR count). The molecule has 0 aliphatic heterocycles. The lowest BCUT2D eigenvalue weighted by atomic mass is 10.1. The molecule has 0 bridgehead atoms. The second-order valence-corrected chi connectivity index (χ2v) is 15.1. The minimum atomic E-state index is -2.11. The molecule has 1 nitrogen and oxygen atoms in total. The Morgan fingerprint density at radius 3 is 1.71 bits per heavy atom. The summed E-state index contributed by atoms with van der Waals surface area (Å²) < 4.78 is 9.12. The van der Waals surface area contributed by atoms with E-state index in [1.165, 1.54) is 44.9 Å². The maximum Gasteiger partial charge on any atom is 0.208 e. The standard InChI is InChI=1S/C10H21Br2OP/c1-2-3-4-5-6-7-8-9-10-14(11,12)13/h2-10H2,1H3. The molecule has 0 fully saturated rings. The molecule has 0 radical (unpaired) electrons. The van der Waals surface area contributed by atoms with Gasteiger partial charge in [-0.15, -0.1) is 0 Å². The molecular formula is C10H21Br2OP. The highest BCUT2D eigenvalue weighted by atomic mass is 79.9. The molecule has 0 unspecified atom stereocenters. The normalized spacial score (nSPS) is 11.9. The summed E-state index contributed by atoms with van der Waals surface area (Å²) >= 11 is 6.31. The molecule has 0 aliphatic rings. The third-order valence-corrected chi connectivity index (χ3v) is 5.24. The van der Waals surface area contributed by atoms with Crippen LogP contribution in [0.3, 0.4) is 0 Å². The van der Waals surface area contributed by atoms with Crippen molar-refractivity contribution in [3.8, 4) is 0 Å². The molecule has 0 heterocycles. The van der Waals surface area contributed by atoms with Gasteiger partial charge in [0.1, 0.15) is 0 Å². The van der Waals surface area contributed by atoms with Gasteiger partial charge in [-0.05, 0) is 37.4 Å². The predicted octanol–water partition coefficient (Wildman–Crippen LogP) is 6.11. The molecule has 0 aromatic rings. The van der Waals surface area contributed by atoms with Gasteiger partial charge in [0.25, 0.3) is 0 Å². The van der Waals surface area contributed by atoms with Crippen LogP contribution in [0.25, 0.3) is 0 Å². The Hall–Kier alpha value is 1.19. The van der Waals surface area contributed by atoms with Gasteiger partial charge in [0, 0.05) is 6.16 Å². The average Bonchev–Trinajstić information content (AvgIpc) is 2.08. The molecule has 86 valence electrons. The summed E-state index contributed by atoms with van der Waals surface area (Å²) in [5.74, 6) is 0. The summed E-state index contributed by atoms with van der Waals surface area (Å²) in [6, 6.07) is 0. The number of hydrogen-bond acceptors (Lipinski definition) is 1. The van der Waals surface area contributed by atoms with Crippen molar-refractivity contribution in [2.75, 3.05) is 6.16 Å². The van der Waals surface area contributed by atoms with E-state index in [4.69, 9.17) is 0 Å². The van der Waals surface area contributed by atoms with Crippen molar-refractivity contribution in [1.29, 1.82) is 0 Å². The molecule has 0 amide bonds. The summed E-state index contributed by atoms with van der Waals surface area (Å²) in [4.78, 5) is 0. The number of unbranched alkanes of at least 4 members (excludes halogenated alkanes) is 7. The van der Waals surface area contributed by atoms with Crippen LogP contribution in [0, 0.1) is 0 Å². The quantitative estimate of drug-likeness (QED) is 0.363. The average molecular weight is 348 g/mol. The van der Waals surface area contributed by atoms with Crippen molar-refractivity contribution in [2.24, 2.45) is 0 Å². The Bertz CT molecular complexity index is 168. The third-order valence-electron chi connectivity index (χ3n) is 2.27. The highest BCUT2D eigenvalue weighted by molar-refractivity contribution is 9.70. The third kappa shape index (κ3) is 13.2. The summed E-state index contributed by atoms with van der Waals surface area (Å²) in [7, 11) is 0. The molecule has 0 aliphatic carbocycles. The zero-order chi connectivity index (χ0) is 10.9. The van der Waals surface area contributed by atoms with Crippen molar-refractivity contribution in [3.63, 3.8) is 0 Å². The fourth-order valence-corrected chi connectivity index (χ4v) is 3.53. The first-order valence-corrected chi connectivity index (χ1v) is 11.5. The first-order chi connectivity index (χ1) is 6.56. The zero-order valence-electron chi connectivity index (χ0n) is 8.98. The lowest BCUT2D eigenvalue weighted by molar-refractivity contribution is 0.577. The second kappa shape index (κ2) is 9.42. The fourth-order valence-electron chi connectivity index (χ4n) is 1.43. The van der Waals surface area contributed by atoms with Crippen LogP contribution in [0.15, 0.2) is 0 Å². The van der Waals surface area contributed by atoms with Crippen molar-refractivity contribution in [3.05, 3.63) is 0 Å². The van der Waals surface area contributed by atoms with Crippen molar-refractivity contribution in [2.45, 2.75) is 58.3 Å². The van der Waals surface area contributed by atoms with E-state index in [2.05, 4.69) is 37.9 Å². The molecule has 4 heteroatoms. The van der Waals surface area contributed by atoms with Crippen LogP contribution < -0.4 is 0 Å². The topological polar surface area (TPSA) is 17.1 Å². The van der Waals surface area contributed by atoms with E-state index in [0.717, 1.165) is 12.6 Å². The molecule has 0 N–H and O–H groups in total. The molecule has 0 spiro atoms. The van der Waals surface area contributed by atoms with Gasteiger partial charge in [-0.1, -0.05) is 51.9 Å². The van der Waals surface area contributed by atoms with Crippen LogP contribution in [0.5, 0.6) is 0 Å². The van der Waals surface area contributed by atoms with Crippen LogP contribution in [0.2, 0.25) is 0 Å². The highest BCUT2D eigenvalue weighted by Crippen LogP contribution is 2.61. The minimum absolute atomic E-state index is 0.780. The van der Waals surface area contributed by atoms with E-state index in [9.17, 15) is 4.57 Å². The monoisotopic (exact) mass is 346 g/mol. The molecule has 0 saturated heterocycles. The van der Waals surface area contributed by atoms with E-state index in [1.54, 1.807) is 0 Å². The smallest absolute Gasteiger partial charge is 0.208 e. The first kappa shape index (κ1) is 15.2. The zero-order valence-corrected chi connectivity index (χ0v) is 13.0. The molecule has 14 heavy (non-hydrogen) atoms. The Morgan fingerprint density at radius 2 is 1.29 bits per heavy atom. The Kier molecular flexibility index (Phi) is 10.2. The van der Waals surface area contributed by atoms with Gasteiger partial charge >= 0.3 is 0 Å². The van der Waals surface area contributed by atoms with Crippen LogP contribution in [0.1, 0.15) is 58.3 Å². The number of rotatable bonds is 9. The van der Waals surface area contributed by atoms with Crippen molar-refractivity contribution < 1.29 is 4.57 Å². The largest absolute Gasteiger partial charge is 0.300 e. The summed E-state index contributed by atoms with van der Waals surface area (Å²) in [6.07, 6.45) is 11.1. The Morgan fingerprint density at radius 1 is 0.857 bits per heavy atom. The summed E-state index contributed by atoms with van der Waals surface area (Å²) in [5.41, 5.74) is 0. The molecular weight excluding hydrogens is 327 g/mol. The summed E-state index contributed by atoms with van der Waals surface area (Å²) in [6.45, 7) is 2.24. The van der Waals surface area contributed by atoms with Crippen LogP contribution in [0.4, 0.5) is 0 Å². The van der Waals surface area contributed by atoms with Crippen molar-refractivity contribution >= 4 is 35.5 Å². The van der Waals surface area contributed by atoms with Gasteiger partial charge in [-0.2, -0.15) is 0 Å². The highest BCUT2D eigenvalue weighted by Gasteiger charge is 2.10. The lowest BCUT2D eigenvalue weighted by Gasteiger charge is -2.02. The fraction of sp³-hybridized carbons (Fsp3) is 1.00. The van der Waals surface area contributed by atoms with Crippen LogP contribution >= 0.6 is 35.5 Å². The second-order valence-electron chi connectivity index (χ2n) is 3.77. The summed E-state index contributed by atoms with van der Waals surface area (Å²) in [5, 5.41) is 0. The Labute approximate surface area is 104 Å². The van der Waals surface area contributed by atoms with E-state index in [1.807, 2.05) is 0 Å². The molecule has 0 aromatic heterocycles. The molecule has 0 aromatic carbocycles. The van der Waals surface area contributed by atoms with Crippen molar-refractivity contribution in [1.82, 2.24) is 0 Å². The van der Waals surface area contributed by atoms with Gasteiger partial charge in [0.2, 0.25) is 4.55 Å². The van der Waals surface area contributed by atoms with Gasteiger partial charge in [0.15, 0.2) is 0 Å². The van der Waals surface area contributed by atoms with E-state index >= 15 is 0 Å². The molecule has 0 atom stereocenters. The van der Waals surface area contributed by atoms with E-state index < -0.39 is 4.55 Å². The molecule has 0 saturated carbocycles. The number of hydrogen-bond donors (Lipinski definition) is 0. The lowest BCUT2D eigenvalue weighted by Crippen LogP contribution is -1.82. The van der Waals surface area contributed by atoms with Gasteiger partial charge < -0.3 is 0 Å². The van der Waals surface area contributed by atoms with Crippen LogP contribution in [-0.2, 0) is 4.57 Å². The predicted molar refractivity (Wildman–Crippen MR) is 72.9 cm³/mol. The first-order valence-electron chi connectivity index (χ1n) is 5.54. The maximum absolute atomic E-state index is 11.2. The maximum atomic E-state index is 11.2. The minimum Gasteiger partial charge on any atom is -0.300 e. The Balaban J connectivity index is 3.03. The van der Waals surface area contributed by atoms with Crippen LogP contribution in [-0.4, -0.2) is 6.16 Å². The van der Waals surface area contributed by atoms with E-state index in [0.29, 0.717) is 0 Å². The van der Waals surface area contributed by atoms with Gasteiger partial charge in [-0.25, -0.2) is 0 Å². The van der Waals surface area contributed by atoms with Gasteiger partial charge in [0.05, 0.1) is 0 Å². The van der Waals surface area contributed by atoms with E-state index in [-0.39, 0.29) is 0 Å². The SMILES string of the molecule is CCCCCCCCCCP(=O)(Br)Br.